The highest BCUT2D eigenvalue weighted by molar-refractivity contribution is 7.15. The fraction of sp³-hybridized carbons (Fsp3) is 0.812. The molecule has 0 amide bonds. The number of rotatable bonds is 11. The summed E-state index contributed by atoms with van der Waals surface area (Å²) in [6.07, 6.45) is 8.48. The Bertz CT molecular complexity index is 347. The van der Waals surface area contributed by atoms with Gasteiger partial charge in [-0.1, -0.05) is 33.1 Å². The van der Waals surface area contributed by atoms with Crippen molar-refractivity contribution in [2.24, 2.45) is 0 Å². The van der Waals surface area contributed by atoms with Crippen LogP contribution >= 0.6 is 11.3 Å². The lowest BCUT2D eigenvalue weighted by Crippen LogP contribution is -2.28. The lowest BCUT2D eigenvalue weighted by atomic mass is 10.1. The Morgan fingerprint density at radius 1 is 1.15 bits per heavy atom. The van der Waals surface area contributed by atoms with Crippen LogP contribution < -0.4 is 10.2 Å². The molecule has 4 heteroatoms. The van der Waals surface area contributed by atoms with Crippen LogP contribution in [0.4, 0.5) is 5.13 Å². The first-order chi connectivity index (χ1) is 9.74. The lowest BCUT2D eigenvalue weighted by molar-refractivity contribution is 0.435. The molecular formula is C16H31N3S. The van der Waals surface area contributed by atoms with Gasteiger partial charge in [-0.3, -0.25) is 0 Å². The highest BCUT2D eigenvalue weighted by atomic mass is 32.1. The van der Waals surface area contributed by atoms with Gasteiger partial charge in [0.15, 0.2) is 5.13 Å². The van der Waals surface area contributed by atoms with Gasteiger partial charge in [0.25, 0.3) is 0 Å². The molecule has 1 aromatic rings. The van der Waals surface area contributed by atoms with Crippen molar-refractivity contribution in [3.63, 3.8) is 0 Å². The average molecular weight is 298 g/mol. The van der Waals surface area contributed by atoms with Crippen LogP contribution in [-0.2, 0) is 6.54 Å². The zero-order valence-electron chi connectivity index (χ0n) is 13.6. The lowest BCUT2D eigenvalue weighted by Gasteiger charge is -2.17. The molecular weight excluding hydrogens is 266 g/mol. The standard InChI is InChI=1S/C16H31N3S/c1-5-9-11-14(10-6-2)17-12-15-13-18-16(20-15)19(7-3)8-4/h13-14,17H,5-12H2,1-4H3. The molecule has 116 valence electrons. The van der Waals surface area contributed by atoms with Crippen molar-refractivity contribution in [2.45, 2.75) is 72.4 Å². The summed E-state index contributed by atoms with van der Waals surface area (Å²) in [5.41, 5.74) is 0. The Labute approximate surface area is 128 Å². The smallest absolute Gasteiger partial charge is 0.185 e. The van der Waals surface area contributed by atoms with Gasteiger partial charge in [0, 0.05) is 36.8 Å². The minimum Gasteiger partial charge on any atom is -0.349 e. The Morgan fingerprint density at radius 3 is 2.50 bits per heavy atom. The van der Waals surface area contributed by atoms with E-state index in [0.717, 1.165) is 24.8 Å². The van der Waals surface area contributed by atoms with E-state index in [9.17, 15) is 0 Å². The second-order valence-electron chi connectivity index (χ2n) is 5.29. The molecule has 1 N–H and O–H groups in total. The molecule has 0 spiro atoms. The summed E-state index contributed by atoms with van der Waals surface area (Å²) in [4.78, 5) is 8.21. The number of unbranched alkanes of at least 4 members (excludes halogenated alkanes) is 1. The van der Waals surface area contributed by atoms with Crippen LogP contribution in [0.3, 0.4) is 0 Å². The van der Waals surface area contributed by atoms with Crippen molar-refractivity contribution in [3.8, 4) is 0 Å². The van der Waals surface area contributed by atoms with Gasteiger partial charge in [0.1, 0.15) is 0 Å². The zero-order chi connectivity index (χ0) is 14.8. The van der Waals surface area contributed by atoms with Crippen molar-refractivity contribution in [2.75, 3.05) is 18.0 Å². The summed E-state index contributed by atoms with van der Waals surface area (Å²) in [6, 6.07) is 0.666. The SMILES string of the molecule is CCCCC(CCC)NCc1cnc(N(CC)CC)s1. The van der Waals surface area contributed by atoms with E-state index in [1.165, 1.54) is 37.0 Å². The quantitative estimate of drug-likeness (QED) is 0.654. The van der Waals surface area contributed by atoms with Gasteiger partial charge in [-0.15, -0.1) is 11.3 Å². The molecule has 0 aromatic carbocycles. The first-order valence-electron chi connectivity index (χ1n) is 8.18. The summed E-state index contributed by atoms with van der Waals surface area (Å²) in [6.45, 7) is 11.9. The maximum Gasteiger partial charge on any atom is 0.185 e. The van der Waals surface area contributed by atoms with Crippen molar-refractivity contribution in [3.05, 3.63) is 11.1 Å². The van der Waals surface area contributed by atoms with Crippen molar-refractivity contribution in [1.29, 1.82) is 0 Å². The summed E-state index contributed by atoms with van der Waals surface area (Å²) in [5, 5.41) is 4.87. The molecule has 1 rings (SSSR count). The van der Waals surface area contributed by atoms with E-state index >= 15 is 0 Å². The van der Waals surface area contributed by atoms with Gasteiger partial charge in [-0.2, -0.15) is 0 Å². The number of anilines is 1. The minimum atomic E-state index is 0.666. The molecule has 0 saturated heterocycles. The number of thiazole rings is 1. The van der Waals surface area contributed by atoms with Crippen LogP contribution in [0.1, 0.15) is 64.7 Å². The third kappa shape index (κ3) is 5.80. The van der Waals surface area contributed by atoms with E-state index in [1.54, 1.807) is 0 Å². The molecule has 1 heterocycles. The fourth-order valence-electron chi connectivity index (χ4n) is 2.41. The normalized spacial score (nSPS) is 12.6. The molecule has 1 atom stereocenters. The molecule has 1 aromatic heterocycles. The van der Waals surface area contributed by atoms with Crippen molar-refractivity contribution < 1.29 is 0 Å². The van der Waals surface area contributed by atoms with Gasteiger partial charge in [-0.05, 0) is 26.7 Å². The maximum absolute atomic E-state index is 4.55. The topological polar surface area (TPSA) is 28.2 Å². The Balaban J connectivity index is 2.46. The van der Waals surface area contributed by atoms with Crippen LogP contribution in [0, 0.1) is 0 Å². The predicted molar refractivity (Wildman–Crippen MR) is 90.7 cm³/mol. The molecule has 1 unspecified atom stereocenters. The monoisotopic (exact) mass is 297 g/mol. The van der Waals surface area contributed by atoms with E-state index in [1.807, 2.05) is 17.5 Å². The number of nitrogens with zero attached hydrogens (tertiary/aromatic N) is 2. The summed E-state index contributed by atoms with van der Waals surface area (Å²) in [7, 11) is 0. The second-order valence-corrected chi connectivity index (χ2v) is 6.38. The van der Waals surface area contributed by atoms with Crippen LogP contribution in [0.2, 0.25) is 0 Å². The fourth-order valence-corrected chi connectivity index (χ4v) is 3.40. The molecule has 0 radical (unpaired) electrons. The van der Waals surface area contributed by atoms with E-state index in [4.69, 9.17) is 0 Å². The largest absolute Gasteiger partial charge is 0.349 e. The van der Waals surface area contributed by atoms with Crippen LogP contribution in [0.5, 0.6) is 0 Å². The van der Waals surface area contributed by atoms with Gasteiger partial charge in [-0.25, -0.2) is 4.98 Å². The van der Waals surface area contributed by atoms with Gasteiger partial charge < -0.3 is 10.2 Å². The van der Waals surface area contributed by atoms with E-state index < -0.39 is 0 Å². The first kappa shape index (κ1) is 17.4. The van der Waals surface area contributed by atoms with E-state index in [2.05, 4.69) is 42.9 Å². The molecule has 0 fully saturated rings. The van der Waals surface area contributed by atoms with Crippen molar-refractivity contribution >= 4 is 16.5 Å². The third-order valence-corrected chi connectivity index (χ3v) is 4.74. The Kier molecular flexibility index (Phi) is 8.86. The van der Waals surface area contributed by atoms with Crippen LogP contribution in [0.25, 0.3) is 0 Å². The maximum atomic E-state index is 4.55. The second kappa shape index (κ2) is 10.2. The average Bonchev–Trinajstić information content (AvgIpc) is 2.92. The summed E-state index contributed by atoms with van der Waals surface area (Å²) in [5.74, 6) is 0. The minimum absolute atomic E-state index is 0.666. The molecule has 20 heavy (non-hydrogen) atoms. The molecule has 3 nitrogen and oxygen atoms in total. The third-order valence-electron chi connectivity index (χ3n) is 3.68. The molecule has 0 saturated carbocycles. The molecule has 0 aliphatic rings. The van der Waals surface area contributed by atoms with Gasteiger partial charge in [0.2, 0.25) is 0 Å². The predicted octanol–water partition coefficient (Wildman–Crippen LogP) is 4.44. The Morgan fingerprint density at radius 2 is 1.90 bits per heavy atom. The van der Waals surface area contributed by atoms with E-state index in [-0.39, 0.29) is 0 Å². The van der Waals surface area contributed by atoms with Gasteiger partial charge >= 0.3 is 0 Å². The number of nitrogens with one attached hydrogen (secondary N) is 1. The van der Waals surface area contributed by atoms with Crippen LogP contribution in [-0.4, -0.2) is 24.1 Å². The zero-order valence-corrected chi connectivity index (χ0v) is 14.4. The molecule has 0 aliphatic carbocycles. The van der Waals surface area contributed by atoms with Crippen LogP contribution in [0.15, 0.2) is 6.20 Å². The summed E-state index contributed by atoms with van der Waals surface area (Å²) < 4.78 is 0. The first-order valence-corrected chi connectivity index (χ1v) is 8.99. The highest BCUT2D eigenvalue weighted by Crippen LogP contribution is 2.22. The van der Waals surface area contributed by atoms with Gasteiger partial charge in [0.05, 0.1) is 0 Å². The number of hydrogen-bond acceptors (Lipinski definition) is 4. The molecule has 0 aliphatic heterocycles. The number of aromatic nitrogens is 1. The molecule has 0 bridgehead atoms. The van der Waals surface area contributed by atoms with Crippen molar-refractivity contribution in [1.82, 2.24) is 10.3 Å². The Hall–Kier alpha value is -0.610. The number of hydrogen-bond donors (Lipinski definition) is 1. The summed E-state index contributed by atoms with van der Waals surface area (Å²) >= 11 is 1.83. The van der Waals surface area contributed by atoms with E-state index in [0.29, 0.717) is 6.04 Å². The highest BCUT2D eigenvalue weighted by Gasteiger charge is 2.10.